The van der Waals surface area contributed by atoms with E-state index in [0.29, 0.717) is 49.4 Å². The number of amides is 1. The maximum Gasteiger partial charge on any atom is 0.425 e. The normalized spacial score (nSPS) is 24.3. The largest absolute Gasteiger partial charge is 0.425 e. The van der Waals surface area contributed by atoms with Crippen molar-refractivity contribution in [1.82, 2.24) is 20.0 Å². The molecule has 0 aliphatic carbocycles. The quantitative estimate of drug-likeness (QED) is 0.559. The van der Waals surface area contributed by atoms with Crippen molar-refractivity contribution in [3.63, 3.8) is 0 Å². The number of halogens is 3. The van der Waals surface area contributed by atoms with Crippen LogP contribution >= 0.6 is 11.3 Å². The van der Waals surface area contributed by atoms with Crippen LogP contribution in [0.25, 0.3) is 0 Å². The maximum absolute atomic E-state index is 13.6. The van der Waals surface area contributed by atoms with Crippen LogP contribution in [0.4, 0.5) is 13.2 Å². The lowest BCUT2D eigenvalue weighted by Crippen LogP contribution is -2.50. The molecule has 4 heterocycles. The lowest BCUT2D eigenvalue weighted by molar-refractivity contribution is -0.135. The van der Waals surface area contributed by atoms with Gasteiger partial charge in [0.05, 0.1) is 26.0 Å². The summed E-state index contributed by atoms with van der Waals surface area (Å²) in [6, 6.07) is 0.0357. The van der Waals surface area contributed by atoms with Gasteiger partial charge in [0.15, 0.2) is 6.10 Å². The van der Waals surface area contributed by atoms with E-state index in [1.54, 1.807) is 12.4 Å². The number of fused-ring (bicyclic) bond motifs is 2. The number of hydrogen-bond donors (Lipinski definition) is 3. The van der Waals surface area contributed by atoms with E-state index in [4.69, 9.17) is 4.74 Å². The van der Waals surface area contributed by atoms with E-state index >= 15 is 0 Å². The monoisotopic (exact) mass is 502 g/mol. The minimum atomic E-state index is -4.50. The number of aliphatic hydroxyl groups excluding tert-OH is 2. The van der Waals surface area contributed by atoms with E-state index in [9.17, 15) is 28.2 Å². The molecule has 34 heavy (non-hydrogen) atoms. The van der Waals surface area contributed by atoms with Gasteiger partial charge in [-0.1, -0.05) is 0 Å². The minimum Gasteiger partial charge on any atom is -0.392 e. The Balaban J connectivity index is 1.48. The fourth-order valence-electron chi connectivity index (χ4n) is 5.02. The van der Waals surface area contributed by atoms with Crippen LogP contribution in [0, 0.1) is 0 Å². The molecule has 2 aliphatic rings. The molecule has 1 spiro atoms. The van der Waals surface area contributed by atoms with Crippen molar-refractivity contribution in [3.05, 3.63) is 38.8 Å². The van der Waals surface area contributed by atoms with Crippen molar-refractivity contribution in [2.45, 2.75) is 69.8 Å². The Kier molecular flexibility index (Phi) is 7.07. The van der Waals surface area contributed by atoms with Crippen LogP contribution < -0.4 is 5.32 Å². The van der Waals surface area contributed by atoms with Gasteiger partial charge in [-0.2, -0.15) is 18.3 Å². The molecule has 0 saturated carbocycles. The average Bonchev–Trinajstić information content (AvgIpc) is 3.40. The van der Waals surface area contributed by atoms with Gasteiger partial charge < -0.3 is 20.3 Å². The number of carbonyl (C=O) groups excluding carboxylic acids is 1. The van der Waals surface area contributed by atoms with E-state index in [1.165, 1.54) is 11.7 Å². The number of likely N-dealkylation sites (N-methyl/N-ethyl adjacent to an activating group) is 1. The number of piperidine rings is 1. The van der Waals surface area contributed by atoms with Gasteiger partial charge >= 0.3 is 6.18 Å². The third-order valence-corrected chi connectivity index (χ3v) is 8.21. The highest BCUT2D eigenvalue weighted by molar-refractivity contribution is 7.12. The lowest BCUT2D eigenvalue weighted by Gasteiger charge is -2.47. The summed E-state index contributed by atoms with van der Waals surface area (Å²) in [5.41, 5.74) is 0.734. The number of thiophene rings is 1. The first kappa shape index (κ1) is 25.1. The summed E-state index contributed by atoms with van der Waals surface area (Å²) in [5, 5.41) is 26.2. The first-order valence-electron chi connectivity index (χ1n) is 11.2. The molecular weight excluding hydrogens is 473 g/mol. The average molecular weight is 503 g/mol. The van der Waals surface area contributed by atoms with Crippen LogP contribution in [0.2, 0.25) is 0 Å². The zero-order valence-electron chi connectivity index (χ0n) is 19.1. The van der Waals surface area contributed by atoms with Crippen LogP contribution in [0.3, 0.4) is 0 Å². The molecule has 4 rings (SSSR count). The second kappa shape index (κ2) is 9.57. The fraction of sp³-hybridized carbons (Fsp3) is 0.636. The molecule has 3 N–H and O–H groups in total. The van der Waals surface area contributed by atoms with E-state index in [2.05, 4.69) is 15.3 Å². The van der Waals surface area contributed by atoms with Crippen molar-refractivity contribution in [2.75, 3.05) is 20.2 Å². The summed E-state index contributed by atoms with van der Waals surface area (Å²) < 4.78 is 48.5. The van der Waals surface area contributed by atoms with Crippen molar-refractivity contribution in [3.8, 4) is 0 Å². The lowest BCUT2D eigenvalue weighted by atomic mass is 9.81. The highest BCUT2D eigenvalue weighted by Gasteiger charge is 2.48. The summed E-state index contributed by atoms with van der Waals surface area (Å²) in [6.45, 7) is 2.99. The third kappa shape index (κ3) is 4.74. The predicted octanol–water partition coefficient (Wildman–Crippen LogP) is 2.02. The number of carbonyl (C=O) groups is 1. The molecule has 3 atom stereocenters. The van der Waals surface area contributed by atoms with Crippen LogP contribution in [0.15, 0.2) is 12.4 Å². The van der Waals surface area contributed by atoms with Crippen LogP contribution in [0.1, 0.15) is 46.2 Å². The molecule has 1 amide bonds. The topological polar surface area (TPSA) is 99.9 Å². The van der Waals surface area contributed by atoms with E-state index < -0.39 is 35.3 Å². The number of rotatable bonds is 6. The molecule has 2 aromatic rings. The van der Waals surface area contributed by atoms with E-state index in [-0.39, 0.29) is 18.2 Å². The smallest absolute Gasteiger partial charge is 0.392 e. The van der Waals surface area contributed by atoms with Crippen molar-refractivity contribution < 1.29 is 32.9 Å². The number of alkyl halides is 3. The molecule has 0 aromatic carbocycles. The Morgan fingerprint density at radius 3 is 2.88 bits per heavy atom. The molecule has 2 aromatic heterocycles. The summed E-state index contributed by atoms with van der Waals surface area (Å²) in [7, 11) is 1.45. The first-order chi connectivity index (χ1) is 16.1. The van der Waals surface area contributed by atoms with E-state index in [1.807, 2.05) is 6.92 Å². The van der Waals surface area contributed by atoms with Gasteiger partial charge in [-0.05, 0) is 31.7 Å². The molecule has 8 nitrogen and oxygen atoms in total. The molecule has 1 saturated heterocycles. The van der Waals surface area contributed by atoms with Gasteiger partial charge in [-0.15, -0.1) is 11.3 Å². The Hall–Kier alpha value is -1.99. The zero-order chi connectivity index (χ0) is 24.7. The molecule has 1 unspecified atom stereocenters. The van der Waals surface area contributed by atoms with Crippen LogP contribution in [-0.2, 0) is 47.4 Å². The van der Waals surface area contributed by atoms with Crippen molar-refractivity contribution in [2.24, 2.45) is 0 Å². The van der Waals surface area contributed by atoms with Crippen molar-refractivity contribution in [1.29, 1.82) is 0 Å². The predicted molar refractivity (Wildman–Crippen MR) is 118 cm³/mol. The fourth-order valence-corrected chi connectivity index (χ4v) is 6.43. The highest BCUT2D eigenvalue weighted by Crippen LogP contribution is 2.51. The third-order valence-electron chi connectivity index (χ3n) is 6.71. The number of nitrogens with one attached hydrogen (secondary N) is 1. The summed E-state index contributed by atoms with van der Waals surface area (Å²) >= 11 is 0.721. The molecule has 0 radical (unpaired) electrons. The first-order valence-corrected chi connectivity index (χ1v) is 12.0. The van der Waals surface area contributed by atoms with Crippen LogP contribution in [0.5, 0.6) is 0 Å². The second-order valence-electron chi connectivity index (χ2n) is 8.94. The molecule has 2 aliphatic heterocycles. The van der Waals surface area contributed by atoms with Gasteiger partial charge in [-0.3, -0.25) is 14.4 Å². The Morgan fingerprint density at radius 1 is 1.47 bits per heavy atom. The Morgan fingerprint density at radius 2 is 2.24 bits per heavy atom. The number of aliphatic hydroxyl groups is 2. The number of aromatic nitrogens is 2. The number of hydrogen-bond acceptors (Lipinski definition) is 7. The molecule has 12 heteroatoms. The summed E-state index contributed by atoms with van der Waals surface area (Å²) in [6.07, 6.45) is -0.757. The second-order valence-corrected chi connectivity index (χ2v) is 9.96. The Bertz CT molecular complexity index is 1040. The molecule has 0 bridgehead atoms. The van der Waals surface area contributed by atoms with Gasteiger partial charge in [0.25, 0.3) is 5.91 Å². The summed E-state index contributed by atoms with van der Waals surface area (Å²) in [5.74, 6) is -0.481. The number of ether oxygens (including phenoxy) is 1. The van der Waals surface area contributed by atoms with Gasteiger partial charge in [0.1, 0.15) is 10.5 Å². The zero-order valence-corrected chi connectivity index (χ0v) is 19.9. The Labute approximate surface area is 199 Å². The minimum absolute atomic E-state index is 0.00314. The van der Waals surface area contributed by atoms with Gasteiger partial charge in [0, 0.05) is 48.4 Å². The summed E-state index contributed by atoms with van der Waals surface area (Å²) in [4.78, 5) is 13.6. The van der Waals surface area contributed by atoms with Gasteiger partial charge in [-0.25, -0.2) is 0 Å². The van der Waals surface area contributed by atoms with Crippen LogP contribution in [-0.4, -0.2) is 63.1 Å². The number of likely N-dealkylation sites (tertiary alicyclic amines) is 1. The molecule has 188 valence electrons. The standard InChI is InChI=1S/C22H29F3N4O4S/c1-13-7-21(18-15(3-6-33-21)16(12-30)19(34-18)22(23,24)25)4-5-28(13)9-14-8-27-29(10-14)11-17(31)20(32)26-2/h8,10,13,17,30-31H,3-7,9,11-12H2,1-2H3,(H,26,32)/t13-,17?,21+/m0/s1. The van der Waals surface area contributed by atoms with Gasteiger partial charge in [0.2, 0.25) is 0 Å². The SMILES string of the molecule is CNC(=O)C(O)Cn1cc(CN2CC[C@]3(C[C@@H]2C)OCCc2c3sc(C(F)(F)F)c2CO)cn1. The molecule has 1 fully saturated rings. The highest BCUT2D eigenvalue weighted by atomic mass is 32.1. The van der Waals surface area contributed by atoms with Crippen molar-refractivity contribution >= 4 is 17.2 Å². The molecular formula is C22H29F3N4O4S. The maximum atomic E-state index is 13.6. The van der Waals surface area contributed by atoms with E-state index in [0.717, 1.165) is 16.9 Å². The number of nitrogens with zero attached hydrogens (tertiary/aromatic N) is 3.